The summed E-state index contributed by atoms with van der Waals surface area (Å²) in [5, 5.41) is 23.2. The number of nitro groups is 1. The molecule has 0 saturated heterocycles. The highest BCUT2D eigenvalue weighted by Crippen LogP contribution is 2.34. The minimum atomic E-state index is -1.05. The Hall–Kier alpha value is -3.28. The van der Waals surface area contributed by atoms with Crippen LogP contribution in [0.3, 0.4) is 0 Å². The lowest BCUT2D eigenvalue weighted by Crippen LogP contribution is -2.33. The average Bonchev–Trinajstić information content (AvgIpc) is 2.86. The summed E-state index contributed by atoms with van der Waals surface area (Å²) in [6.07, 6.45) is 0. The molecule has 1 aliphatic rings. The quantitative estimate of drug-likeness (QED) is 0.369. The Bertz CT molecular complexity index is 750. The third kappa shape index (κ3) is 5.61. The van der Waals surface area contributed by atoms with E-state index in [2.05, 4.69) is 24.0 Å². The summed E-state index contributed by atoms with van der Waals surface area (Å²) in [6.45, 7) is 7.32. The Kier molecular flexibility index (Phi) is 8.75. The van der Waals surface area contributed by atoms with Crippen molar-refractivity contribution in [1.82, 2.24) is 10.2 Å². The molecule has 28 heavy (non-hydrogen) atoms. The lowest BCUT2D eigenvalue weighted by molar-refractivity contribution is -0.757. The maximum atomic E-state index is 12.2. The molecule has 0 saturated carbocycles. The highest BCUT2D eigenvalue weighted by Gasteiger charge is 2.38. The predicted octanol–water partition coefficient (Wildman–Crippen LogP) is 1.41. The van der Waals surface area contributed by atoms with Crippen LogP contribution in [0.1, 0.15) is 41.5 Å². The molecule has 0 aliphatic carbocycles. The number of hydrogen-bond acceptors (Lipinski definition) is 9. The van der Waals surface area contributed by atoms with Crippen molar-refractivity contribution in [2.24, 2.45) is 0 Å². The van der Waals surface area contributed by atoms with Gasteiger partial charge in [-0.05, 0) is 20.0 Å². The summed E-state index contributed by atoms with van der Waals surface area (Å²) in [7, 11) is 0. The highest BCUT2D eigenvalue weighted by atomic mass is 16.9. The third-order valence-electron chi connectivity index (χ3n) is 3.56. The van der Waals surface area contributed by atoms with Gasteiger partial charge in [0.1, 0.15) is 6.61 Å². The molecule has 0 atom stereocenters. The van der Waals surface area contributed by atoms with Crippen molar-refractivity contribution < 1.29 is 29.2 Å². The molecule has 0 bridgehead atoms. The summed E-state index contributed by atoms with van der Waals surface area (Å²) >= 11 is 0. The first kappa shape index (κ1) is 22.8. The van der Waals surface area contributed by atoms with Crippen LogP contribution < -0.4 is 10.1 Å². The van der Waals surface area contributed by atoms with Gasteiger partial charge in [-0.25, -0.2) is 0 Å². The van der Waals surface area contributed by atoms with E-state index in [1.54, 1.807) is 6.92 Å². The lowest BCUT2D eigenvalue weighted by atomic mass is 10.1. The number of carbonyl (C=O) groups is 2. The molecule has 2 amide bonds. The van der Waals surface area contributed by atoms with Gasteiger partial charge in [0.25, 0.3) is 16.9 Å². The van der Waals surface area contributed by atoms with E-state index >= 15 is 0 Å². The first-order chi connectivity index (χ1) is 13.3. The molecule has 1 heterocycles. The molecule has 0 aromatic heterocycles. The van der Waals surface area contributed by atoms with Crippen molar-refractivity contribution in [2.45, 2.75) is 20.8 Å². The molecule has 0 radical (unpaired) electrons. The van der Waals surface area contributed by atoms with E-state index in [0.29, 0.717) is 0 Å². The van der Waals surface area contributed by atoms with Crippen LogP contribution in [0.25, 0.3) is 0 Å². The molecule has 12 heteroatoms. The molecule has 0 spiro atoms. The molecular weight excluding hydrogens is 376 g/mol. The van der Waals surface area contributed by atoms with Gasteiger partial charge in [-0.1, -0.05) is 13.8 Å². The van der Waals surface area contributed by atoms with Gasteiger partial charge in [-0.15, -0.1) is 10.1 Å². The monoisotopic (exact) mass is 398 g/mol. The molecular formula is C16H22N4O8. The standard InChI is InChI=1S/C12H11N3O8.C4H11N/c1-2-22-10-6-8-7(5-9(10)14(18)19)11(16)13(12(8)17)3-4-23-15(20)21;1-3-5-4-2/h5-6H,2-4H2,1H3;5H,3-4H2,1-2H3. The molecule has 1 aromatic carbocycles. The average molecular weight is 398 g/mol. The van der Waals surface area contributed by atoms with Gasteiger partial charge in [0.15, 0.2) is 5.75 Å². The van der Waals surface area contributed by atoms with Crippen molar-refractivity contribution >= 4 is 17.5 Å². The van der Waals surface area contributed by atoms with E-state index in [1.165, 1.54) is 0 Å². The zero-order chi connectivity index (χ0) is 21.3. The van der Waals surface area contributed by atoms with Gasteiger partial charge in [-0.3, -0.25) is 24.6 Å². The number of fused-ring (bicyclic) bond motifs is 1. The number of hydrogen-bond donors (Lipinski definition) is 1. The Morgan fingerprint density at radius 2 is 1.61 bits per heavy atom. The van der Waals surface area contributed by atoms with Gasteiger partial charge >= 0.3 is 5.69 Å². The highest BCUT2D eigenvalue weighted by molar-refractivity contribution is 6.21. The molecule has 1 aliphatic heterocycles. The maximum Gasteiger partial charge on any atom is 0.311 e. The first-order valence-electron chi connectivity index (χ1n) is 8.57. The van der Waals surface area contributed by atoms with Gasteiger partial charge in [0.05, 0.1) is 29.2 Å². The van der Waals surface area contributed by atoms with Gasteiger partial charge in [-0.2, -0.15) is 0 Å². The topological polar surface area (TPSA) is 154 Å². The second-order valence-corrected chi connectivity index (χ2v) is 5.33. The Labute approximate surface area is 160 Å². The Morgan fingerprint density at radius 3 is 2.04 bits per heavy atom. The van der Waals surface area contributed by atoms with Crippen LogP contribution in [0, 0.1) is 20.2 Å². The van der Waals surface area contributed by atoms with Crippen molar-refractivity contribution in [3.05, 3.63) is 43.5 Å². The number of imide groups is 1. The van der Waals surface area contributed by atoms with Crippen molar-refractivity contribution in [1.29, 1.82) is 0 Å². The van der Waals surface area contributed by atoms with E-state index in [0.717, 1.165) is 30.1 Å². The number of carbonyl (C=O) groups excluding carboxylic acids is 2. The van der Waals surface area contributed by atoms with E-state index < -0.39 is 34.1 Å². The normalized spacial score (nSPS) is 12.2. The van der Waals surface area contributed by atoms with Crippen LogP contribution in [-0.2, 0) is 4.84 Å². The summed E-state index contributed by atoms with van der Waals surface area (Å²) < 4.78 is 5.12. The molecule has 154 valence electrons. The summed E-state index contributed by atoms with van der Waals surface area (Å²) in [5.41, 5.74) is -0.633. The lowest BCUT2D eigenvalue weighted by Gasteiger charge is -2.12. The minimum Gasteiger partial charge on any atom is -0.487 e. The molecule has 0 fully saturated rings. The molecule has 1 N–H and O–H groups in total. The zero-order valence-electron chi connectivity index (χ0n) is 15.8. The number of nitrogens with zero attached hydrogens (tertiary/aromatic N) is 3. The number of nitro benzene ring substituents is 1. The van der Waals surface area contributed by atoms with Crippen molar-refractivity contribution in [3.63, 3.8) is 0 Å². The number of benzene rings is 1. The van der Waals surface area contributed by atoms with Crippen molar-refractivity contribution in [2.75, 3.05) is 32.8 Å². The third-order valence-corrected chi connectivity index (χ3v) is 3.56. The van der Waals surface area contributed by atoms with Crippen molar-refractivity contribution in [3.8, 4) is 5.75 Å². The number of ether oxygens (including phenoxy) is 1. The molecule has 0 unspecified atom stereocenters. The fraction of sp³-hybridized carbons (Fsp3) is 0.500. The van der Waals surface area contributed by atoms with E-state index in [9.17, 15) is 29.8 Å². The van der Waals surface area contributed by atoms with E-state index in [1.807, 2.05) is 0 Å². The zero-order valence-corrected chi connectivity index (χ0v) is 15.8. The van der Waals surface area contributed by atoms with Crippen LogP contribution in [0.2, 0.25) is 0 Å². The van der Waals surface area contributed by atoms with Gasteiger partial charge < -0.3 is 14.9 Å². The van der Waals surface area contributed by atoms with Crippen LogP contribution in [-0.4, -0.2) is 59.6 Å². The fourth-order valence-electron chi connectivity index (χ4n) is 2.38. The van der Waals surface area contributed by atoms with Gasteiger partial charge in [0, 0.05) is 12.1 Å². The Morgan fingerprint density at radius 1 is 1.04 bits per heavy atom. The SMILES string of the molecule is CCNCC.CCOc1cc2c(cc1[N+](=O)[O-])C(=O)N(CCO[N+](=O)[O-])C2=O. The number of nitrogens with one attached hydrogen (secondary N) is 1. The number of amides is 2. The smallest absolute Gasteiger partial charge is 0.311 e. The minimum absolute atomic E-state index is 0.0508. The number of rotatable bonds is 9. The molecule has 1 aromatic rings. The van der Waals surface area contributed by atoms with Crippen LogP contribution in [0.4, 0.5) is 5.69 Å². The van der Waals surface area contributed by atoms with E-state index in [4.69, 9.17) is 4.74 Å². The summed E-state index contributed by atoms with van der Waals surface area (Å²) in [5.74, 6) is -1.61. The second-order valence-electron chi connectivity index (χ2n) is 5.33. The molecule has 12 nitrogen and oxygen atoms in total. The molecule has 2 rings (SSSR count). The fourth-order valence-corrected chi connectivity index (χ4v) is 2.38. The second kappa shape index (κ2) is 10.8. The summed E-state index contributed by atoms with van der Waals surface area (Å²) in [6, 6.07) is 2.10. The largest absolute Gasteiger partial charge is 0.487 e. The Balaban J connectivity index is 0.000000696. The van der Waals surface area contributed by atoms with Gasteiger partial charge in [0.2, 0.25) is 0 Å². The van der Waals surface area contributed by atoms with Crippen LogP contribution in [0.15, 0.2) is 12.1 Å². The predicted molar refractivity (Wildman–Crippen MR) is 96.8 cm³/mol. The summed E-state index contributed by atoms with van der Waals surface area (Å²) in [4.78, 5) is 49.5. The maximum absolute atomic E-state index is 12.2. The van der Waals surface area contributed by atoms with E-state index in [-0.39, 0.29) is 30.0 Å². The first-order valence-corrected chi connectivity index (χ1v) is 8.57. The van der Waals surface area contributed by atoms with Crippen LogP contribution in [0.5, 0.6) is 5.75 Å². The van der Waals surface area contributed by atoms with Crippen LogP contribution >= 0.6 is 0 Å².